The van der Waals surface area contributed by atoms with Gasteiger partial charge in [0.2, 0.25) is 5.91 Å². The summed E-state index contributed by atoms with van der Waals surface area (Å²) in [6, 6.07) is 12.2. The van der Waals surface area contributed by atoms with E-state index in [2.05, 4.69) is 64.7 Å². The lowest BCUT2D eigenvalue weighted by atomic mass is 9.82. The number of halogens is 2. The van der Waals surface area contributed by atoms with Crippen LogP contribution in [0.1, 0.15) is 97.4 Å². The van der Waals surface area contributed by atoms with Crippen molar-refractivity contribution in [2.75, 3.05) is 19.6 Å². The van der Waals surface area contributed by atoms with Gasteiger partial charge in [-0.25, -0.2) is 0 Å². The third kappa shape index (κ3) is 8.79. The highest BCUT2D eigenvalue weighted by atomic mass is 79.9. The maximum atomic E-state index is 13.9. The summed E-state index contributed by atoms with van der Waals surface area (Å²) >= 11 is 9.76. The molecular formula is C34H47BrClN3O3. The molecule has 0 bridgehead atoms. The molecule has 1 saturated heterocycles. The van der Waals surface area contributed by atoms with Gasteiger partial charge < -0.3 is 9.64 Å². The van der Waals surface area contributed by atoms with Crippen LogP contribution >= 0.6 is 27.5 Å². The predicted molar refractivity (Wildman–Crippen MR) is 172 cm³/mol. The van der Waals surface area contributed by atoms with E-state index >= 15 is 0 Å². The van der Waals surface area contributed by atoms with E-state index in [1.54, 1.807) is 0 Å². The van der Waals surface area contributed by atoms with Crippen LogP contribution in [0.2, 0.25) is 5.02 Å². The summed E-state index contributed by atoms with van der Waals surface area (Å²) in [5, 5.41) is 0.708. The number of aromatic nitrogens is 1. The van der Waals surface area contributed by atoms with Crippen molar-refractivity contribution in [1.82, 2.24) is 14.8 Å². The van der Waals surface area contributed by atoms with Crippen LogP contribution < -0.4 is 0 Å². The highest BCUT2D eigenvalue weighted by Crippen LogP contribution is 2.37. The Balaban J connectivity index is 1.47. The first-order chi connectivity index (χ1) is 19.7. The summed E-state index contributed by atoms with van der Waals surface area (Å²) in [5.41, 5.74) is 1.55. The smallest absolute Gasteiger partial charge is 0.309 e. The normalized spacial score (nSPS) is 23.2. The van der Waals surface area contributed by atoms with Crippen LogP contribution in [0.15, 0.2) is 47.1 Å². The second-order valence-corrected chi connectivity index (χ2v) is 15.5. The topological polar surface area (TPSA) is 62.7 Å². The Bertz CT molecular complexity index is 1160. The summed E-state index contributed by atoms with van der Waals surface area (Å²) in [7, 11) is 0. The zero-order valence-corrected chi connectivity index (χ0v) is 28.4. The van der Waals surface area contributed by atoms with E-state index < -0.39 is 5.60 Å². The van der Waals surface area contributed by atoms with Gasteiger partial charge in [0.25, 0.3) is 0 Å². The zero-order valence-electron chi connectivity index (χ0n) is 26.0. The van der Waals surface area contributed by atoms with Crippen LogP contribution in [-0.2, 0) is 14.3 Å². The molecule has 4 unspecified atom stereocenters. The van der Waals surface area contributed by atoms with Gasteiger partial charge in [0.1, 0.15) is 5.60 Å². The van der Waals surface area contributed by atoms with Gasteiger partial charge in [-0.05, 0) is 104 Å². The highest BCUT2D eigenvalue weighted by molar-refractivity contribution is 9.10. The first kappa shape index (κ1) is 32.9. The monoisotopic (exact) mass is 659 g/mol. The largest absolute Gasteiger partial charge is 0.460 e. The van der Waals surface area contributed by atoms with Gasteiger partial charge in [-0.3, -0.25) is 19.5 Å². The van der Waals surface area contributed by atoms with E-state index in [1.807, 2.05) is 45.2 Å². The van der Waals surface area contributed by atoms with Crippen molar-refractivity contribution in [1.29, 1.82) is 0 Å². The Hall–Kier alpha value is -1.96. The Morgan fingerprint density at radius 3 is 2.33 bits per heavy atom. The number of rotatable bonds is 6. The summed E-state index contributed by atoms with van der Waals surface area (Å²) < 4.78 is 6.61. The van der Waals surface area contributed by atoms with Crippen molar-refractivity contribution in [3.8, 4) is 0 Å². The van der Waals surface area contributed by atoms with Crippen molar-refractivity contribution in [3.05, 3.63) is 63.3 Å². The fraction of sp³-hybridized carbons (Fsp3) is 0.618. The standard InChI is InChI=1S/C34H47BrClN3O3/c1-33(2,3)29-22-38(31(24-12-15-27(36)16-13-24)28-17-14-26(35)21-37-28)18-19-39(29)30(40)20-23-8-7-9-25(11-10-23)32(41)42-34(4,5)6/h12-17,21,23,25,29,31H,7-11,18-20,22H2,1-6H3. The van der Waals surface area contributed by atoms with Crippen LogP contribution in [0.4, 0.5) is 0 Å². The molecular weight excluding hydrogens is 614 g/mol. The molecule has 230 valence electrons. The molecule has 4 atom stereocenters. The Morgan fingerprint density at radius 1 is 1.00 bits per heavy atom. The summed E-state index contributed by atoms with van der Waals surface area (Å²) in [5.74, 6) is 0.388. The molecule has 2 aromatic rings. The lowest BCUT2D eigenvalue weighted by Gasteiger charge is -2.49. The van der Waals surface area contributed by atoms with Gasteiger partial charge in [0.05, 0.1) is 17.7 Å². The molecule has 1 aliphatic carbocycles. The van der Waals surface area contributed by atoms with Crippen molar-refractivity contribution in [2.24, 2.45) is 17.3 Å². The van der Waals surface area contributed by atoms with Gasteiger partial charge >= 0.3 is 5.97 Å². The van der Waals surface area contributed by atoms with Crippen molar-refractivity contribution >= 4 is 39.4 Å². The SMILES string of the molecule is CC(C)(C)OC(=O)C1CCCC(CC(=O)N2CCN(C(c3ccc(Cl)cc3)c3ccc(Br)cn3)CC2C(C)(C)C)CC1. The Kier molecular flexibility index (Phi) is 10.8. The molecule has 1 saturated carbocycles. The van der Waals surface area contributed by atoms with Crippen LogP contribution in [0.25, 0.3) is 0 Å². The van der Waals surface area contributed by atoms with Crippen LogP contribution in [-0.4, -0.2) is 57.9 Å². The minimum atomic E-state index is -0.469. The van der Waals surface area contributed by atoms with Crippen LogP contribution in [0.3, 0.4) is 0 Å². The summed E-state index contributed by atoms with van der Waals surface area (Å²) in [6.45, 7) is 14.6. The minimum absolute atomic E-state index is 0.0379. The second kappa shape index (κ2) is 13.8. The average Bonchev–Trinajstić information content (AvgIpc) is 3.15. The van der Waals surface area contributed by atoms with E-state index in [-0.39, 0.29) is 35.3 Å². The molecule has 6 nitrogen and oxygen atoms in total. The lowest BCUT2D eigenvalue weighted by molar-refractivity contribution is -0.160. The van der Waals surface area contributed by atoms with Gasteiger partial charge in [0, 0.05) is 47.8 Å². The van der Waals surface area contributed by atoms with Crippen molar-refractivity contribution < 1.29 is 14.3 Å². The molecule has 42 heavy (non-hydrogen) atoms. The molecule has 1 aromatic heterocycles. The number of ether oxygens (including phenoxy) is 1. The molecule has 2 fully saturated rings. The van der Waals surface area contributed by atoms with E-state index in [9.17, 15) is 9.59 Å². The number of amides is 1. The fourth-order valence-electron chi connectivity index (χ4n) is 6.41. The predicted octanol–water partition coefficient (Wildman–Crippen LogP) is 8.07. The number of hydrogen-bond donors (Lipinski definition) is 0. The quantitative estimate of drug-likeness (QED) is 0.232. The number of nitrogens with zero attached hydrogens (tertiary/aromatic N) is 3. The zero-order chi connectivity index (χ0) is 30.7. The van der Waals surface area contributed by atoms with Crippen molar-refractivity contribution in [3.63, 3.8) is 0 Å². The number of esters is 1. The number of carbonyl (C=O) groups excluding carboxylic acids is 2. The molecule has 0 radical (unpaired) electrons. The highest BCUT2D eigenvalue weighted by Gasteiger charge is 2.41. The number of benzene rings is 1. The van der Waals surface area contributed by atoms with Crippen LogP contribution in [0.5, 0.6) is 0 Å². The van der Waals surface area contributed by atoms with Crippen molar-refractivity contribution in [2.45, 2.75) is 97.8 Å². The number of pyridine rings is 1. The molecule has 1 aliphatic heterocycles. The maximum absolute atomic E-state index is 13.9. The van der Waals surface area contributed by atoms with E-state index in [1.165, 1.54) is 0 Å². The van der Waals surface area contributed by atoms with E-state index in [0.29, 0.717) is 23.9 Å². The van der Waals surface area contributed by atoms with E-state index in [0.717, 1.165) is 60.9 Å². The molecule has 0 spiro atoms. The molecule has 4 rings (SSSR count). The first-order valence-electron chi connectivity index (χ1n) is 15.3. The fourth-order valence-corrected chi connectivity index (χ4v) is 6.77. The van der Waals surface area contributed by atoms with Gasteiger partial charge in [-0.15, -0.1) is 0 Å². The lowest BCUT2D eigenvalue weighted by Crippen LogP contribution is -2.60. The number of carbonyl (C=O) groups is 2. The molecule has 8 heteroatoms. The second-order valence-electron chi connectivity index (χ2n) is 14.1. The third-order valence-electron chi connectivity index (χ3n) is 8.60. The molecule has 2 aliphatic rings. The van der Waals surface area contributed by atoms with Gasteiger partial charge in [0.15, 0.2) is 0 Å². The van der Waals surface area contributed by atoms with E-state index in [4.69, 9.17) is 21.3 Å². The summed E-state index contributed by atoms with van der Waals surface area (Å²) in [6.07, 6.45) is 6.87. The minimum Gasteiger partial charge on any atom is -0.460 e. The third-order valence-corrected chi connectivity index (χ3v) is 9.33. The summed E-state index contributed by atoms with van der Waals surface area (Å²) in [4.78, 5) is 36.0. The average molecular weight is 661 g/mol. The van der Waals surface area contributed by atoms with Gasteiger partial charge in [-0.1, -0.05) is 50.9 Å². The van der Waals surface area contributed by atoms with Crippen LogP contribution in [0, 0.1) is 17.3 Å². The Labute approximate surface area is 265 Å². The maximum Gasteiger partial charge on any atom is 0.309 e. The Morgan fingerprint density at radius 2 is 1.71 bits per heavy atom. The number of hydrogen-bond acceptors (Lipinski definition) is 5. The van der Waals surface area contributed by atoms with Gasteiger partial charge in [-0.2, -0.15) is 0 Å². The molecule has 0 N–H and O–H groups in total. The molecule has 1 aromatic carbocycles. The first-order valence-corrected chi connectivity index (χ1v) is 16.5. The molecule has 1 amide bonds. The number of piperazine rings is 1. The molecule has 2 heterocycles.